The van der Waals surface area contributed by atoms with Gasteiger partial charge in [0.15, 0.2) is 5.82 Å². The molecule has 1 aromatic carbocycles. The second-order valence-corrected chi connectivity index (χ2v) is 6.83. The first-order valence-corrected chi connectivity index (χ1v) is 9.44. The van der Waals surface area contributed by atoms with E-state index in [1.54, 1.807) is 6.20 Å². The average molecular weight is 344 g/mol. The quantitative estimate of drug-likeness (QED) is 0.683. The summed E-state index contributed by atoms with van der Waals surface area (Å²) in [5, 5.41) is 3.71. The van der Waals surface area contributed by atoms with Crippen molar-refractivity contribution < 1.29 is 0 Å². The molecule has 0 aliphatic heterocycles. The van der Waals surface area contributed by atoms with Gasteiger partial charge in [0.1, 0.15) is 0 Å². The first-order chi connectivity index (χ1) is 12.9. The second kappa shape index (κ2) is 8.19. The molecule has 0 spiro atoms. The Morgan fingerprint density at radius 1 is 1.04 bits per heavy atom. The van der Waals surface area contributed by atoms with Crippen LogP contribution in [0.4, 0.5) is 0 Å². The summed E-state index contributed by atoms with van der Waals surface area (Å²) in [6, 6.07) is 15.0. The maximum atomic E-state index is 4.82. The normalized spacial score (nSPS) is 16.2. The molecule has 3 aromatic rings. The fourth-order valence-electron chi connectivity index (χ4n) is 3.61. The van der Waals surface area contributed by atoms with E-state index < -0.39 is 0 Å². The van der Waals surface area contributed by atoms with Crippen LogP contribution in [-0.4, -0.2) is 21.5 Å². The predicted octanol–water partition coefficient (Wildman–Crippen LogP) is 4.14. The van der Waals surface area contributed by atoms with E-state index in [1.165, 1.54) is 23.2 Å². The smallest absolute Gasteiger partial charge is 0.160 e. The average Bonchev–Trinajstić information content (AvgIpc) is 2.72. The number of fused-ring (bicyclic) bond motifs is 1. The van der Waals surface area contributed by atoms with E-state index in [1.807, 2.05) is 24.5 Å². The van der Waals surface area contributed by atoms with E-state index in [4.69, 9.17) is 4.98 Å². The summed E-state index contributed by atoms with van der Waals surface area (Å²) >= 11 is 0. The van der Waals surface area contributed by atoms with Crippen molar-refractivity contribution in [3.8, 4) is 11.4 Å². The number of hydrogen-bond acceptors (Lipinski definition) is 4. The van der Waals surface area contributed by atoms with Crippen LogP contribution in [0.5, 0.6) is 0 Å². The van der Waals surface area contributed by atoms with Crippen molar-refractivity contribution in [1.29, 1.82) is 0 Å². The third kappa shape index (κ3) is 3.97. The summed E-state index contributed by atoms with van der Waals surface area (Å²) in [6.45, 7) is 1.02. The molecule has 0 saturated carbocycles. The van der Waals surface area contributed by atoms with Gasteiger partial charge in [0.25, 0.3) is 0 Å². The van der Waals surface area contributed by atoms with Crippen LogP contribution in [0.2, 0.25) is 0 Å². The third-order valence-electron chi connectivity index (χ3n) is 4.98. The Balaban J connectivity index is 1.39. The van der Waals surface area contributed by atoms with E-state index >= 15 is 0 Å². The Bertz CT molecular complexity index is 833. The molecule has 0 unspecified atom stereocenters. The van der Waals surface area contributed by atoms with Crippen molar-refractivity contribution in [2.24, 2.45) is 0 Å². The topological polar surface area (TPSA) is 50.7 Å². The lowest BCUT2D eigenvalue weighted by molar-refractivity contribution is 0.449. The molecule has 0 fully saturated rings. The van der Waals surface area contributed by atoms with Gasteiger partial charge in [0.05, 0.1) is 0 Å². The van der Waals surface area contributed by atoms with Crippen LogP contribution in [0.3, 0.4) is 0 Å². The molecule has 0 bridgehead atoms. The highest BCUT2D eigenvalue weighted by Crippen LogP contribution is 2.29. The molecule has 4 heteroatoms. The zero-order valence-corrected chi connectivity index (χ0v) is 14.9. The van der Waals surface area contributed by atoms with Crippen molar-refractivity contribution in [3.63, 3.8) is 0 Å². The maximum absolute atomic E-state index is 4.82. The minimum atomic E-state index is 0.373. The van der Waals surface area contributed by atoms with Crippen LogP contribution in [0.25, 0.3) is 11.4 Å². The van der Waals surface area contributed by atoms with Crippen molar-refractivity contribution >= 4 is 0 Å². The van der Waals surface area contributed by atoms with Gasteiger partial charge in [-0.05, 0) is 56.3 Å². The van der Waals surface area contributed by atoms with E-state index in [0.29, 0.717) is 6.04 Å². The van der Waals surface area contributed by atoms with Gasteiger partial charge < -0.3 is 5.32 Å². The highest BCUT2D eigenvalue weighted by molar-refractivity contribution is 5.53. The maximum Gasteiger partial charge on any atom is 0.160 e. The fourth-order valence-corrected chi connectivity index (χ4v) is 3.61. The lowest BCUT2D eigenvalue weighted by atomic mass is 9.92. The minimum Gasteiger partial charge on any atom is -0.310 e. The van der Waals surface area contributed by atoms with Crippen LogP contribution in [0.1, 0.15) is 42.1 Å². The zero-order valence-electron chi connectivity index (χ0n) is 14.9. The number of rotatable bonds is 6. The van der Waals surface area contributed by atoms with Crippen LogP contribution < -0.4 is 5.32 Å². The Hall–Kier alpha value is -2.59. The molecule has 4 rings (SSSR count). The minimum absolute atomic E-state index is 0.373. The molecular weight excluding hydrogens is 320 g/mol. The summed E-state index contributed by atoms with van der Waals surface area (Å²) in [5.41, 5.74) is 4.84. The van der Waals surface area contributed by atoms with Crippen molar-refractivity contribution in [2.75, 3.05) is 6.54 Å². The van der Waals surface area contributed by atoms with Gasteiger partial charge in [-0.3, -0.25) is 4.98 Å². The molecule has 1 aliphatic rings. The molecule has 26 heavy (non-hydrogen) atoms. The van der Waals surface area contributed by atoms with Crippen LogP contribution in [0, 0.1) is 0 Å². The van der Waals surface area contributed by atoms with Crippen LogP contribution in [-0.2, 0) is 12.8 Å². The molecule has 1 N–H and O–H groups in total. The standard InChI is InChI=1S/C22H24N4/c1-2-7-17(8-3-1)9-5-14-24-20-11-4-12-21-19(20)16-25-22(26-21)18-10-6-13-23-15-18/h1-3,6-8,10,13,15-16,20,24H,4-5,9,11-12,14H2/t20-/m0/s1. The lowest BCUT2D eigenvalue weighted by Gasteiger charge is -2.25. The Labute approximate surface area is 154 Å². The highest BCUT2D eigenvalue weighted by atomic mass is 14.9. The molecule has 4 nitrogen and oxygen atoms in total. The van der Waals surface area contributed by atoms with Gasteiger partial charge in [0.2, 0.25) is 0 Å². The number of aromatic nitrogens is 3. The monoisotopic (exact) mass is 344 g/mol. The fraction of sp³-hybridized carbons (Fsp3) is 0.318. The number of benzene rings is 1. The summed E-state index contributed by atoms with van der Waals surface area (Å²) in [6.07, 6.45) is 11.2. The molecule has 0 amide bonds. The molecule has 2 heterocycles. The Morgan fingerprint density at radius 3 is 2.81 bits per heavy atom. The predicted molar refractivity (Wildman–Crippen MR) is 104 cm³/mol. The number of hydrogen-bond donors (Lipinski definition) is 1. The summed E-state index contributed by atoms with van der Waals surface area (Å²) in [4.78, 5) is 13.6. The summed E-state index contributed by atoms with van der Waals surface area (Å²) in [7, 11) is 0. The highest BCUT2D eigenvalue weighted by Gasteiger charge is 2.22. The number of pyridine rings is 1. The number of nitrogens with zero attached hydrogens (tertiary/aromatic N) is 3. The molecule has 0 radical (unpaired) electrons. The second-order valence-electron chi connectivity index (χ2n) is 6.83. The third-order valence-corrected chi connectivity index (χ3v) is 4.98. The molecule has 1 atom stereocenters. The van der Waals surface area contributed by atoms with Crippen molar-refractivity contribution in [3.05, 3.63) is 77.9 Å². The Morgan fingerprint density at radius 2 is 1.96 bits per heavy atom. The molecule has 0 saturated heterocycles. The van der Waals surface area contributed by atoms with E-state index in [9.17, 15) is 0 Å². The lowest BCUT2D eigenvalue weighted by Crippen LogP contribution is -2.27. The Kier molecular flexibility index (Phi) is 5.31. The van der Waals surface area contributed by atoms with Gasteiger partial charge in [-0.25, -0.2) is 9.97 Å². The van der Waals surface area contributed by atoms with Crippen LogP contribution in [0.15, 0.2) is 61.1 Å². The zero-order chi connectivity index (χ0) is 17.6. The number of nitrogens with one attached hydrogen (secondary N) is 1. The van der Waals surface area contributed by atoms with Gasteiger partial charge >= 0.3 is 0 Å². The summed E-state index contributed by atoms with van der Waals surface area (Å²) in [5.74, 6) is 0.779. The molecule has 132 valence electrons. The first kappa shape index (κ1) is 16.9. The largest absolute Gasteiger partial charge is 0.310 e. The van der Waals surface area contributed by atoms with E-state index in [2.05, 4.69) is 45.6 Å². The van der Waals surface area contributed by atoms with Crippen LogP contribution >= 0.6 is 0 Å². The molecule has 1 aliphatic carbocycles. The van der Waals surface area contributed by atoms with Crippen molar-refractivity contribution in [1.82, 2.24) is 20.3 Å². The number of aryl methyl sites for hydroxylation is 2. The van der Waals surface area contributed by atoms with Gasteiger partial charge in [-0.15, -0.1) is 0 Å². The van der Waals surface area contributed by atoms with Gasteiger partial charge in [-0.2, -0.15) is 0 Å². The van der Waals surface area contributed by atoms with E-state index in [0.717, 1.165) is 43.6 Å². The first-order valence-electron chi connectivity index (χ1n) is 9.44. The van der Waals surface area contributed by atoms with Gasteiger partial charge in [0, 0.05) is 41.5 Å². The molecular formula is C22H24N4. The SMILES string of the molecule is c1ccc(CCCN[C@H]2CCCc3nc(-c4cccnc4)ncc32)cc1. The van der Waals surface area contributed by atoms with E-state index in [-0.39, 0.29) is 0 Å². The van der Waals surface area contributed by atoms with Gasteiger partial charge in [-0.1, -0.05) is 30.3 Å². The molecule has 2 aromatic heterocycles. The summed E-state index contributed by atoms with van der Waals surface area (Å²) < 4.78 is 0. The van der Waals surface area contributed by atoms with Crippen molar-refractivity contribution in [2.45, 2.75) is 38.1 Å².